The predicted octanol–water partition coefficient (Wildman–Crippen LogP) is 0.766. The molecule has 3 N–H and O–H groups in total. The average Bonchev–Trinajstić information content (AvgIpc) is 2.31. The maximum absolute atomic E-state index is 10.3. The maximum Gasteiger partial charge on any atom is 0.305 e. The largest absolute Gasteiger partial charge is 0.481 e. The van der Waals surface area contributed by atoms with Crippen molar-refractivity contribution in [1.82, 2.24) is 4.98 Å². The van der Waals surface area contributed by atoms with Crippen molar-refractivity contribution >= 4 is 5.97 Å². The van der Waals surface area contributed by atoms with E-state index in [1.807, 2.05) is 0 Å². The molecule has 0 aliphatic heterocycles. The third-order valence-electron chi connectivity index (χ3n) is 1.76. The highest BCUT2D eigenvalue weighted by atomic mass is 16.4. The molecule has 0 radical (unpaired) electrons. The molecule has 5 heteroatoms. The second-order valence-corrected chi connectivity index (χ2v) is 2.90. The minimum atomic E-state index is -0.957. The van der Waals surface area contributed by atoms with E-state index in [0.717, 1.165) is 5.69 Å². The Morgan fingerprint density at radius 1 is 1.69 bits per heavy atom. The normalized spacial score (nSPS) is 12.8. The molecule has 5 nitrogen and oxygen atoms in total. The van der Waals surface area contributed by atoms with Crippen molar-refractivity contribution < 1.29 is 14.3 Å². The number of nitrogens with zero attached hydrogens (tertiary/aromatic N) is 1. The highest BCUT2D eigenvalue weighted by Gasteiger charge is 2.16. The summed E-state index contributed by atoms with van der Waals surface area (Å²) in [5, 5.41) is 8.47. The topological polar surface area (TPSA) is 89.3 Å². The van der Waals surface area contributed by atoms with Crippen molar-refractivity contribution in [2.45, 2.75) is 26.3 Å². The van der Waals surface area contributed by atoms with Gasteiger partial charge in [0.1, 0.15) is 5.76 Å². The molecule has 0 fully saturated rings. The fourth-order valence-corrected chi connectivity index (χ4v) is 0.932. The van der Waals surface area contributed by atoms with Gasteiger partial charge in [-0.15, -0.1) is 0 Å². The van der Waals surface area contributed by atoms with Crippen LogP contribution in [0.5, 0.6) is 0 Å². The molecule has 1 rings (SSSR count). The van der Waals surface area contributed by atoms with Crippen LogP contribution in [0.4, 0.5) is 0 Å². The molecule has 1 unspecified atom stereocenters. The molecule has 1 atom stereocenters. The Labute approximate surface area is 75.6 Å². The molecule has 0 aromatic carbocycles. The Hall–Kier alpha value is -1.36. The summed E-state index contributed by atoms with van der Waals surface area (Å²) in [4.78, 5) is 14.3. The number of carboxylic acids is 1. The van der Waals surface area contributed by atoms with Gasteiger partial charge in [0.15, 0.2) is 0 Å². The SMILES string of the molecule is Cc1nc(C(N)CC(=O)O)oc1C. The van der Waals surface area contributed by atoms with Gasteiger partial charge in [0, 0.05) is 0 Å². The van der Waals surface area contributed by atoms with Gasteiger partial charge in [-0.25, -0.2) is 4.98 Å². The van der Waals surface area contributed by atoms with Crippen molar-refractivity contribution in [2.75, 3.05) is 0 Å². The average molecular weight is 184 g/mol. The minimum Gasteiger partial charge on any atom is -0.481 e. The lowest BCUT2D eigenvalue weighted by atomic mass is 10.2. The van der Waals surface area contributed by atoms with Crippen LogP contribution in [-0.2, 0) is 4.79 Å². The quantitative estimate of drug-likeness (QED) is 0.724. The fraction of sp³-hybridized carbons (Fsp3) is 0.500. The van der Waals surface area contributed by atoms with E-state index in [0.29, 0.717) is 5.76 Å². The standard InChI is InChI=1S/C8H12N2O3/c1-4-5(2)13-8(10-4)6(9)3-7(11)12/h6H,3,9H2,1-2H3,(H,11,12). The Kier molecular flexibility index (Phi) is 2.67. The van der Waals surface area contributed by atoms with Gasteiger partial charge in [-0.2, -0.15) is 0 Å². The van der Waals surface area contributed by atoms with E-state index in [-0.39, 0.29) is 12.3 Å². The van der Waals surface area contributed by atoms with Gasteiger partial charge < -0.3 is 15.3 Å². The van der Waals surface area contributed by atoms with Crippen molar-refractivity contribution in [1.29, 1.82) is 0 Å². The maximum atomic E-state index is 10.3. The van der Waals surface area contributed by atoms with Crippen LogP contribution in [0.1, 0.15) is 29.8 Å². The van der Waals surface area contributed by atoms with E-state index in [9.17, 15) is 4.79 Å². The molecule has 0 aliphatic carbocycles. The molecule has 1 aromatic heterocycles. The zero-order valence-electron chi connectivity index (χ0n) is 7.57. The van der Waals surface area contributed by atoms with Crippen LogP contribution in [0.15, 0.2) is 4.42 Å². The molecule has 1 aromatic rings. The first-order valence-electron chi connectivity index (χ1n) is 3.92. The van der Waals surface area contributed by atoms with Gasteiger partial charge >= 0.3 is 5.97 Å². The summed E-state index contributed by atoms with van der Waals surface area (Å²) < 4.78 is 5.18. The van der Waals surface area contributed by atoms with E-state index >= 15 is 0 Å². The lowest BCUT2D eigenvalue weighted by Crippen LogP contribution is -2.15. The van der Waals surface area contributed by atoms with Crippen LogP contribution in [0.25, 0.3) is 0 Å². The first-order chi connectivity index (χ1) is 6.00. The summed E-state index contributed by atoms with van der Waals surface area (Å²) >= 11 is 0. The number of carbonyl (C=O) groups is 1. The Morgan fingerprint density at radius 3 is 2.69 bits per heavy atom. The summed E-state index contributed by atoms with van der Waals surface area (Å²) in [7, 11) is 0. The first-order valence-corrected chi connectivity index (χ1v) is 3.92. The summed E-state index contributed by atoms with van der Waals surface area (Å²) in [6, 6.07) is -0.662. The second-order valence-electron chi connectivity index (χ2n) is 2.90. The number of oxazole rings is 1. The molecular formula is C8H12N2O3. The lowest BCUT2D eigenvalue weighted by molar-refractivity contribution is -0.137. The molecule has 13 heavy (non-hydrogen) atoms. The third kappa shape index (κ3) is 2.29. The zero-order chi connectivity index (χ0) is 10.0. The molecule has 0 bridgehead atoms. The van der Waals surface area contributed by atoms with Gasteiger partial charge in [-0.3, -0.25) is 4.79 Å². The van der Waals surface area contributed by atoms with Crippen molar-refractivity contribution in [3.05, 3.63) is 17.3 Å². The molecular weight excluding hydrogens is 172 g/mol. The number of aliphatic carboxylic acids is 1. The number of aromatic nitrogens is 1. The number of rotatable bonds is 3. The number of hydrogen-bond acceptors (Lipinski definition) is 4. The van der Waals surface area contributed by atoms with Crippen LogP contribution in [0.3, 0.4) is 0 Å². The van der Waals surface area contributed by atoms with Gasteiger partial charge in [-0.1, -0.05) is 0 Å². The van der Waals surface area contributed by atoms with E-state index in [2.05, 4.69) is 4.98 Å². The summed E-state index contributed by atoms with van der Waals surface area (Å²) in [6.45, 7) is 3.55. The Balaban J connectivity index is 2.77. The molecule has 0 saturated carbocycles. The first kappa shape index (κ1) is 9.73. The van der Waals surface area contributed by atoms with E-state index < -0.39 is 12.0 Å². The number of aryl methyl sites for hydroxylation is 2. The van der Waals surface area contributed by atoms with Gasteiger partial charge in [0.05, 0.1) is 18.2 Å². The lowest BCUT2D eigenvalue weighted by Gasteiger charge is -2.01. The monoisotopic (exact) mass is 184 g/mol. The summed E-state index contributed by atoms with van der Waals surface area (Å²) in [5.41, 5.74) is 6.29. The Bertz CT molecular complexity index is 300. The van der Waals surface area contributed by atoms with Crippen LogP contribution in [-0.4, -0.2) is 16.1 Å². The van der Waals surface area contributed by atoms with E-state index in [4.69, 9.17) is 15.3 Å². The fourth-order valence-electron chi connectivity index (χ4n) is 0.932. The van der Waals surface area contributed by atoms with E-state index in [1.54, 1.807) is 13.8 Å². The van der Waals surface area contributed by atoms with Crippen LogP contribution >= 0.6 is 0 Å². The molecule has 0 spiro atoms. The predicted molar refractivity (Wildman–Crippen MR) is 45.2 cm³/mol. The molecule has 0 amide bonds. The number of hydrogen-bond donors (Lipinski definition) is 2. The molecule has 1 heterocycles. The highest BCUT2D eigenvalue weighted by Crippen LogP contribution is 2.16. The van der Waals surface area contributed by atoms with Gasteiger partial charge in [-0.05, 0) is 13.8 Å². The summed E-state index contributed by atoms with van der Waals surface area (Å²) in [5.74, 6) is 0.00856. The minimum absolute atomic E-state index is 0.167. The molecule has 0 saturated heterocycles. The number of carboxylic acid groups (broad SMARTS) is 1. The van der Waals surface area contributed by atoms with Crippen molar-refractivity contribution in [3.8, 4) is 0 Å². The van der Waals surface area contributed by atoms with Crippen molar-refractivity contribution in [3.63, 3.8) is 0 Å². The van der Waals surface area contributed by atoms with Gasteiger partial charge in [0.25, 0.3) is 0 Å². The zero-order valence-corrected chi connectivity index (χ0v) is 7.57. The molecule has 0 aliphatic rings. The third-order valence-corrected chi connectivity index (χ3v) is 1.76. The van der Waals surface area contributed by atoms with Crippen LogP contribution < -0.4 is 5.73 Å². The Morgan fingerprint density at radius 2 is 2.31 bits per heavy atom. The van der Waals surface area contributed by atoms with Crippen molar-refractivity contribution in [2.24, 2.45) is 5.73 Å². The second kappa shape index (κ2) is 3.57. The highest BCUT2D eigenvalue weighted by molar-refractivity contribution is 5.67. The van der Waals surface area contributed by atoms with Crippen LogP contribution in [0.2, 0.25) is 0 Å². The van der Waals surface area contributed by atoms with Gasteiger partial charge in [0.2, 0.25) is 5.89 Å². The number of nitrogens with two attached hydrogens (primary N) is 1. The van der Waals surface area contributed by atoms with E-state index in [1.165, 1.54) is 0 Å². The smallest absolute Gasteiger partial charge is 0.305 e. The molecule has 72 valence electrons. The van der Waals surface area contributed by atoms with Crippen LogP contribution in [0, 0.1) is 13.8 Å². The summed E-state index contributed by atoms with van der Waals surface area (Å²) in [6.07, 6.45) is -0.167.